The molecule has 4 heterocycles. The highest BCUT2D eigenvalue weighted by Crippen LogP contribution is 2.37. The monoisotopic (exact) mass is 360 g/mol. The van der Waals surface area contributed by atoms with Crippen LogP contribution in [0.25, 0.3) is 21.9 Å². The van der Waals surface area contributed by atoms with Crippen molar-refractivity contribution >= 4 is 16.6 Å². The van der Waals surface area contributed by atoms with Gasteiger partial charge in [-0.05, 0) is 48.8 Å². The first-order valence-electron chi connectivity index (χ1n) is 9.81. The molecule has 2 aromatic heterocycles. The number of pyridine rings is 1. The summed E-state index contributed by atoms with van der Waals surface area (Å²) in [4.78, 5) is 19.6. The highest BCUT2D eigenvalue weighted by Gasteiger charge is 2.39. The summed E-state index contributed by atoms with van der Waals surface area (Å²) in [5.41, 5.74) is 3.09. The van der Waals surface area contributed by atoms with Crippen LogP contribution in [-0.2, 0) is 18.3 Å². The number of Topliss-reactive ketones (excluding diaryl/α,β-unsaturated/α-hetero) is 1. The Morgan fingerprint density at radius 1 is 1.04 bits per heavy atom. The quantitative estimate of drug-likeness (QED) is 0.700. The maximum atomic E-state index is 12.6. The van der Waals surface area contributed by atoms with Crippen LogP contribution in [0.3, 0.4) is 0 Å². The summed E-state index contributed by atoms with van der Waals surface area (Å²) in [7, 11) is 1.92. The first-order valence-corrected chi connectivity index (χ1v) is 9.81. The summed E-state index contributed by atoms with van der Waals surface area (Å²) in [6.45, 7) is 0.588. The Morgan fingerprint density at radius 3 is 2.52 bits per heavy atom. The van der Waals surface area contributed by atoms with Crippen LogP contribution in [0.2, 0.25) is 0 Å². The van der Waals surface area contributed by atoms with E-state index in [1.165, 1.54) is 25.7 Å². The molecule has 0 amide bonds. The minimum atomic E-state index is 0.282. The van der Waals surface area contributed by atoms with Gasteiger partial charge >= 0.3 is 0 Å². The van der Waals surface area contributed by atoms with Gasteiger partial charge in [-0.2, -0.15) is 5.10 Å². The number of hydrogen-bond acceptors (Lipinski definition) is 4. The summed E-state index contributed by atoms with van der Waals surface area (Å²) < 4.78 is 1.81. The molecule has 2 fully saturated rings. The van der Waals surface area contributed by atoms with Crippen LogP contribution < -0.4 is 0 Å². The highest BCUT2D eigenvalue weighted by molar-refractivity contribution is 5.88. The Morgan fingerprint density at radius 2 is 1.81 bits per heavy atom. The zero-order valence-corrected chi connectivity index (χ0v) is 15.6. The molecule has 2 aliphatic rings. The molecule has 0 saturated carbocycles. The van der Waals surface area contributed by atoms with E-state index in [1.807, 2.05) is 30.3 Å². The average molecular weight is 360 g/mol. The van der Waals surface area contributed by atoms with E-state index in [0.717, 1.165) is 27.6 Å². The molecule has 5 rings (SSSR count). The Labute approximate surface area is 159 Å². The molecule has 2 bridgehead atoms. The van der Waals surface area contributed by atoms with E-state index in [2.05, 4.69) is 39.2 Å². The zero-order valence-electron chi connectivity index (χ0n) is 15.6. The fraction of sp³-hybridized carbons (Fsp3) is 0.409. The molecule has 0 atom stereocenters. The Bertz CT molecular complexity index is 988. The summed E-state index contributed by atoms with van der Waals surface area (Å²) >= 11 is 0. The number of carbonyl (C=O) groups is 1. The molecule has 0 N–H and O–H groups in total. The van der Waals surface area contributed by atoms with E-state index in [1.54, 1.807) is 0 Å². The largest absolute Gasteiger partial charge is 0.298 e. The minimum absolute atomic E-state index is 0.282. The Hall–Kier alpha value is -2.53. The molecule has 1 aromatic carbocycles. The second-order valence-corrected chi connectivity index (χ2v) is 7.99. The number of ketones is 1. The maximum absolute atomic E-state index is 12.6. The third-order valence-corrected chi connectivity index (χ3v) is 6.16. The van der Waals surface area contributed by atoms with Gasteiger partial charge in [-0.3, -0.25) is 19.4 Å². The van der Waals surface area contributed by atoms with Crippen molar-refractivity contribution in [1.82, 2.24) is 19.7 Å². The van der Waals surface area contributed by atoms with E-state index in [0.29, 0.717) is 25.0 Å². The molecule has 0 unspecified atom stereocenters. The fourth-order valence-corrected chi connectivity index (χ4v) is 4.77. The molecular weight excluding hydrogens is 336 g/mol. The zero-order chi connectivity index (χ0) is 18.4. The highest BCUT2D eigenvalue weighted by atomic mass is 16.1. The molecule has 3 aromatic rings. The number of carbonyl (C=O) groups excluding carboxylic acids is 1. The average Bonchev–Trinajstić information content (AvgIpc) is 3.37. The van der Waals surface area contributed by atoms with E-state index in [-0.39, 0.29) is 5.78 Å². The van der Waals surface area contributed by atoms with Gasteiger partial charge in [0.2, 0.25) is 0 Å². The number of hydrogen-bond donors (Lipinski definition) is 0. The normalized spacial score (nSPS) is 22.0. The van der Waals surface area contributed by atoms with Crippen molar-refractivity contribution in [3.05, 3.63) is 48.5 Å². The van der Waals surface area contributed by atoms with Crippen LogP contribution in [-0.4, -0.2) is 44.1 Å². The maximum Gasteiger partial charge on any atom is 0.152 e. The third kappa shape index (κ3) is 3.16. The number of fused-ring (bicyclic) bond motifs is 3. The second-order valence-electron chi connectivity index (χ2n) is 7.99. The Balaban J connectivity index is 1.35. The van der Waals surface area contributed by atoms with Gasteiger partial charge in [0.1, 0.15) is 0 Å². The van der Waals surface area contributed by atoms with Crippen molar-refractivity contribution in [2.45, 2.75) is 44.2 Å². The number of rotatable bonds is 5. The molecule has 138 valence electrons. The van der Waals surface area contributed by atoms with E-state index in [4.69, 9.17) is 0 Å². The Kier molecular flexibility index (Phi) is 4.05. The van der Waals surface area contributed by atoms with Gasteiger partial charge in [0.15, 0.2) is 5.78 Å². The lowest BCUT2D eigenvalue weighted by molar-refractivity contribution is -0.119. The van der Waals surface area contributed by atoms with Crippen LogP contribution >= 0.6 is 0 Å². The van der Waals surface area contributed by atoms with Crippen molar-refractivity contribution in [3.8, 4) is 11.1 Å². The van der Waals surface area contributed by atoms with Gasteiger partial charge in [-0.25, -0.2) is 0 Å². The third-order valence-electron chi connectivity index (χ3n) is 6.16. The first-order chi connectivity index (χ1) is 13.2. The molecule has 0 radical (unpaired) electrons. The van der Waals surface area contributed by atoms with Gasteiger partial charge < -0.3 is 0 Å². The van der Waals surface area contributed by atoms with Gasteiger partial charge in [-0.1, -0.05) is 12.1 Å². The van der Waals surface area contributed by atoms with Crippen LogP contribution in [0.15, 0.2) is 42.9 Å². The molecule has 5 heteroatoms. The first kappa shape index (κ1) is 16.6. The van der Waals surface area contributed by atoms with Crippen molar-refractivity contribution in [3.63, 3.8) is 0 Å². The van der Waals surface area contributed by atoms with Crippen molar-refractivity contribution in [1.29, 1.82) is 0 Å². The van der Waals surface area contributed by atoms with Crippen LogP contribution in [0.1, 0.15) is 31.4 Å². The molecule has 2 saturated heterocycles. The SMILES string of the molecule is Cn1cc(-c2ccc3cnc(CC(=O)CN4C5CCC4CC5)cc3c2)cn1. The van der Waals surface area contributed by atoms with E-state index >= 15 is 0 Å². The molecule has 27 heavy (non-hydrogen) atoms. The summed E-state index contributed by atoms with van der Waals surface area (Å²) in [5.74, 6) is 0.282. The lowest BCUT2D eigenvalue weighted by atomic mass is 10.0. The van der Waals surface area contributed by atoms with Crippen molar-refractivity contribution in [2.24, 2.45) is 7.05 Å². The van der Waals surface area contributed by atoms with Crippen LogP contribution in [0.5, 0.6) is 0 Å². The molecular formula is C22H24N4O. The van der Waals surface area contributed by atoms with Crippen molar-refractivity contribution < 1.29 is 4.79 Å². The summed E-state index contributed by atoms with van der Waals surface area (Å²) in [6.07, 6.45) is 11.3. The lowest BCUT2D eigenvalue weighted by Gasteiger charge is -2.20. The number of benzene rings is 1. The van der Waals surface area contributed by atoms with Crippen molar-refractivity contribution in [2.75, 3.05) is 6.54 Å². The van der Waals surface area contributed by atoms with E-state index in [9.17, 15) is 4.79 Å². The molecule has 0 aliphatic carbocycles. The molecule has 0 spiro atoms. The van der Waals surface area contributed by atoms with E-state index < -0.39 is 0 Å². The van der Waals surface area contributed by atoms with Gasteiger partial charge in [-0.15, -0.1) is 0 Å². The predicted molar refractivity (Wildman–Crippen MR) is 105 cm³/mol. The minimum Gasteiger partial charge on any atom is -0.298 e. The fourth-order valence-electron chi connectivity index (χ4n) is 4.77. The van der Waals surface area contributed by atoms with Gasteiger partial charge in [0.25, 0.3) is 0 Å². The second kappa shape index (κ2) is 6.57. The molecule has 2 aliphatic heterocycles. The van der Waals surface area contributed by atoms with Gasteiger partial charge in [0.05, 0.1) is 19.2 Å². The smallest absolute Gasteiger partial charge is 0.152 e. The van der Waals surface area contributed by atoms with Crippen LogP contribution in [0.4, 0.5) is 0 Å². The lowest BCUT2D eigenvalue weighted by Crippen LogP contribution is -2.34. The predicted octanol–water partition coefficient (Wildman–Crippen LogP) is 3.37. The number of aryl methyl sites for hydroxylation is 1. The summed E-state index contributed by atoms with van der Waals surface area (Å²) in [6, 6.07) is 9.68. The number of aromatic nitrogens is 3. The topological polar surface area (TPSA) is 51.0 Å². The van der Waals surface area contributed by atoms with Crippen LogP contribution in [0, 0.1) is 0 Å². The summed E-state index contributed by atoms with van der Waals surface area (Å²) in [5, 5.41) is 6.47. The molecule has 5 nitrogen and oxygen atoms in total. The number of nitrogens with zero attached hydrogens (tertiary/aromatic N) is 4. The van der Waals surface area contributed by atoms with Gasteiger partial charge in [0, 0.05) is 48.2 Å². The standard InChI is InChI=1S/C22H24N4O/c1-25-13-18(12-24-25)15-2-3-16-11-23-19(9-17(16)8-15)10-22(27)14-26-20-4-5-21(26)7-6-20/h2-3,8-9,11-13,20-21H,4-7,10,14H2,1H3.